The van der Waals surface area contributed by atoms with E-state index < -0.39 is 30.7 Å². The third kappa shape index (κ3) is 6.14. The van der Waals surface area contributed by atoms with Gasteiger partial charge < -0.3 is 10.1 Å². The summed E-state index contributed by atoms with van der Waals surface area (Å²) in [5, 5.41) is 3.93. The van der Waals surface area contributed by atoms with Crippen molar-refractivity contribution in [2.75, 3.05) is 6.54 Å². The van der Waals surface area contributed by atoms with Crippen LogP contribution < -0.4 is 5.32 Å². The van der Waals surface area contributed by atoms with Crippen molar-refractivity contribution in [3.8, 4) is 10.7 Å². The molecule has 0 radical (unpaired) electrons. The quantitative estimate of drug-likeness (QED) is 0.786. The maximum absolute atomic E-state index is 12.0. The van der Waals surface area contributed by atoms with E-state index in [-0.39, 0.29) is 6.42 Å². The molecule has 0 spiro atoms. The van der Waals surface area contributed by atoms with E-state index in [0.29, 0.717) is 16.4 Å². The fourth-order valence-corrected chi connectivity index (χ4v) is 2.56. The third-order valence-electron chi connectivity index (χ3n) is 2.90. The summed E-state index contributed by atoms with van der Waals surface area (Å²) < 4.78 is 40.9. The van der Waals surface area contributed by atoms with Crippen molar-refractivity contribution < 1.29 is 27.5 Å². The second-order valence-corrected chi connectivity index (χ2v) is 5.86. The number of alkyl halides is 3. The van der Waals surface area contributed by atoms with Crippen molar-refractivity contribution in [3.63, 3.8) is 0 Å². The summed E-state index contributed by atoms with van der Waals surface area (Å²) in [5.74, 6) is -1.77. The van der Waals surface area contributed by atoms with Crippen LogP contribution in [0.5, 0.6) is 0 Å². The van der Waals surface area contributed by atoms with Crippen LogP contribution in [0.25, 0.3) is 10.7 Å². The van der Waals surface area contributed by atoms with Crippen molar-refractivity contribution >= 4 is 23.2 Å². The summed E-state index contributed by atoms with van der Waals surface area (Å²) in [5.41, 5.74) is 1.09. The summed E-state index contributed by atoms with van der Waals surface area (Å²) in [6.07, 6.45) is -4.43. The molecule has 1 N–H and O–H groups in total. The number of hydrogen-bond acceptors (Lipinski definition) is 6. The van der Waals surface area contributed by atoms with Crippen molar-refractivity contribution in [2.45, 2.75) is 25.6 Å². The van der Waals surface area contributed by atoms with Crippen LogP contribution in [0.4, 0.5) is 13.2 Å². The SMILES string of the molecule is C[C@@H](OC(=O)Cc1csc(-c2ccccn2)n1)C(=O)NCC(F)(F)F. The first-order valence-electron chi connectivity index (χ1n) is 7.14. The molecule has 10 heteroatoms. The average Bonchev–Trinajstić information content (AvgIpc) is 3.01. The van der Waals surface area contributed by atoms with Crippen LogP contribution in [-0.2, 0) is 20.7 Å². The zero-order chi connectivity index (χ0) is 18.4. The Hall–Kier alpha value is -2.49. The normalized spacial score (nSPS) is 12.5. The molecular weight excluding hydrogens is 359 g/mol. The molecule has 0 saturated carbocycles. The number of pyridine rings is 1. The second kappa shape index (κ2) is 8.06. The highest BCUT2D eigenvalue weighted by molar-refractivity contribution is 7.13. The molecule has 134 valence electrons. The molecule has 2 aromatic rings. The number of carbonyl (C=O) groups excluding carboxylic acids is 2. The molecule has 0 aromatic carbocycles. The van der Waals surface area contributed by atoms with Crippen LogP contribution in [0.3, 0.4) is 0 Å². The molecule has 1 atom stereocenters. The molecule has 0 fully saturated rings. The monoisotopic (exact) mass is 373 g/mol. The standard InChI is InChI=1S/C15H14F3N3O3S/c1-9(13(23)20-8-15(16,17)18)24-12(22)6-10-7-25-14(21-10)11-4-2-3-5-19-11/h2-5,7,9H,6,8H2,1H3,(H,20,23)/t9-/m1/s1. The number of aromatic nitrogens is 2. The number of esters is 1. The molecule has 1 amide bonds. The van der Waals surface area contributed by atoms with Gasteiger partial charge in [-0.1, -0.05) is 6.07 Å². The number of nitrogens with one attached hydrogen (secondary N) is 1. The minimum absolute atomic E-state index is 0.194. The van der Waals surface area contributed by atoms with E-state index in [0.717, 1.165) is 0 Å². The highest BCUT2D eigenvalue weighted by Gasteiger charge is 2.29. The fourth-order valence-electron chi connectivity index (χ4n) is 1.77. The highest BCUT2D eigenvalue weighted by Crippen LogP contribution is 2.21. The second-order valence-electron chi connectivity index (χ2n) is 5.00. The van der Waals surface area contributed by atoms with Gasteiger partial charge in [0.25, 0.3) is 5.91 Å². The Morgan fingerprint density at radius 3 is 2.76 bits per heavy atom. The molecule has 0 aliphatic heterocycles. The van der Waals surface area contributed by atoms with Crippen LogP contribution in [0, 0.1) is 0 Å². The number of ether oxygens (including phenoxy) is 1. The van der Waals surface area contributed by atoms with Gasteiger partial charge >= 0.3 is 12.1 Å². The van der Waals surface area contributed by atoms with Gasteiger partial charge in [0.15, 0.2) is 6.10 Å². The summed E-state index contributed by atoms with van der Waals surface area (Å²) in [6, 6.07) is 5.34. The minimum atomic E-state index is -4.53. The number of nitrogens with zero attached hydrogens (tertiary/aromatic N) is 2. The van der Waals surface area contributed by atoms with Crippen LogP contribution >= 0.6 is 11.3 Å². The molecule has 25 heavy (non-hydrogen) atoms. The Morgan fingerprint density at radius 2 is 2.12 bits per heavy atom. The topological polar surface area (TPSA) is 81.2 Å². The van der Waals surface area contributed by atoms with Crippen LogP contribution in [0.1, 0.15) is 12.6 Å². The molecule has 0 aliphatic rings. The Balaban J connectivity index is 1.86. The Morgan fingerprint density at radius 1 is 1.36 bits per heavy atom. The predicted molar refractivity (Wildman–Crippen MR) is 83.7 cm³/mol. The predicted octanol–water partition coefficient (Wildman–Crippen LogP) is 2.36. The molecule has 6 nitrogen and oxygen atoms in total. The van der Waals surface area contributed by atoms with Gasteiger partial charge in [0.1, 0.15) is 11.6 Å². The van der Waals surface area contributed by atoms with Crippen molar-refractivity contribution in [1.29, 1.82) is 0 Å². The van der Waals surface area contributed by atoms with Crippen molar-refractivity contribution in [1.82, 2.24) is 15.3 Å². The van der Waals surface area contributed by atoms with E-state index in [2.05, 4.69) is 9.97 Å². The molecule has 0 bridgehead atoms. The van der Waals surface area contributed by atoms with E-state index >= 15 is 0 Å². The molecule has 2 aromatic heterocycles. The van der Waals surface area contributed by atoms with E-state index in [1.807, 2.05) is 0 Å². The number of halogens is 3. The lowest BCUT2D eigenvalue weighted by atomic mass is 10.3. The van der Waals surface area contributed by atoms with Crippen LogP contribution in [0.15, 0.2) is 29.8 Å². The number of rotatable bonds is 6. The lowest BCUT2D eigenvalue weighted by Crippen LogP contribution is -2.40. The summed E-state index contributed by atoms with van der Waals surface area (Å²) in [7, 11) is 0. The third-order valence-corrected chi connectivity index (χ3v) is 3.82. The van der Waals surface area contributed by atoms with Gasteiger partial charge in [-0.15, -0.1) is 11.3 Å². The van der Waals surface area contributed by atoms with E-state index in [4.69, 9.17) is 4.74 Å². The van der Waals surface area contributed by atoms with Gasteiger partial charge in [0, 0.05) is 11.6 Å². The smallest absolute Gasteiger partial charge is 0.405 e. The van der Waals surface area contributed by atoms with E-state index in [9.17, 15) is 22.8 Å². The largest absolute Gasteiger partial charge is 0.452 e. The number of thiazole rings is 1. The summed E-state index contributed by atoms with van der Waals surface area (Å²) >= 11 is 1.29. The number of hydrogen-bond donors (Lipinski definition) is 1. The molecule has 2 heterocycles. The zero-order valence-electron chi connectivity index (χ0n) is 13.0. The zero-order valence-corrected chi connectivity index (χ0v) is 13.9. The first-order valence-corrected chi connectivity index (χ1v) is 8.02. The molecular formula is C15H14F3N3O3S. The maximum Gasteiger partial charge on any atom is 0.405 e. The van der Waals surface area contributed by atoms with Crippen molar-refractivity contribution in [3.05, 3.63) is 35.5 Å². The van der Waals surface area contributed by atoms with Gasteiger partial charge in [-0.3, -0.25) is 14.6 Å². The maximum atomic E-state index is 12.0. The minimum Gasteiger partial charge on any atom is -0.452 e. The van der Waals surface area contributed by atoms with Gasteiger partial charge in [-0.05, 0) is 19.1 Å². The van der Waals surface area contributed by atoms with Gasteiger partial charge in [-0.2, -0.15) is 13.2 Å². The van der Waals surface area contributed by atoms with Gasteiger partial charge in [-0.25, -0.2) is 4.98 Å². The van der Waals surface area contributed by atoms with Crippen LogP contribution in [-0.4, -0.2) is 40.7 Å². The lowest BCUT2D eigenvalue weighted by molar-refractivity contribution is -0.157. The van der Waals surface area contributed by atoms with Crippen LogP contribution in [0.2, 0.25) is 0 Å². The molecule has 0 unspecified atom stereocenters. The number of amides is 1. The summed E-state index contributed by atoms with van der Waals surface area (Å²) in [4.78, 5) is 31.6. The van der Waals surface area contributed by atoms with Gasteiger partial charge in [0.05, 0.1) is 17.8 Å². The Kier molecular flexibility index (Phi) is 6.07. The summed E-state index contributed by atoms with van der Waals surface area (Å²) in [6.45, 7) is -0.281. The Labute approximate surface area is 145 Å². The molecule has 0 aliphatic carbocycles. The van der Waals surface area contributed by atoms with Crippen molar-refractivity contribution in [2.24, 2.45) is 0 Å². The molecule has 0 saturated heterocycles. The first kappa shape index (κ1) is 18.8. The highest BCUT2D eigenvalue weighted by atomic mass is 32.1. The van der Waals surface area contributed by atoms with E-state index in [1.54, 1.807) is 35.1 Å². The fraction of sp³-hybridized carbons (Fsp3) is 0.333. The number of carbonyl (C=O) groups is 2. The average molecular weight is 373 g/mol. The van der Waals surface area contributed by atoms with Gasteiger partial charge in [0.2, 0.25) is 0 Å². The first-order chi connectivity index (χ1) is 11.7. The Bertz CT molecular complexity index is 734. The lowest BCUT2D eigenvalue weighted by Gasteiger charge is -2.14. The molecule has 2 rings (SSSR count). The van der Waals surface area contributed by atoms with E-state index in [1.165, 1.54) is 18.3 Å².